The lowest BCUT2D eigenvalue weighted by Gasteiger charge is -2.34. The average Bonchev–Trinajstić information content (AvgIpc) is 2.75. The third-order valence-electron chi connectivity index (χ3n) is 2.64. The van der Waals surface area contributed by atoms with Gasteiger partial charge in [-0.05, 0) is 35.0 Å². The zero-order valence-corrected chi connectivity index (χ0v) is 13.0. The monoisotopic (exact) mass is 355 g/mol. The highest BCUT2D eigenvalue weighted by Crippen LogP contribution is 2.29. The predicted molar refractivity (Wildman–Crippen MR) is 72.2 cm³/mol. The summed E-state index contributed by atoms with van der Waals surface area (Å²) in [5.74, 6) is 0. The zero-order chi connectivity index (χ0) is 13.3. The summed E-state index contributed by atoms with van der Waals surface area (Å²) in [4.78, 5) is 0. The van der Waals surface area contributed by atoms with Gasteiger partial charge in [0.25, 0.3) is 10.0 Å². The van der Waals surface area contributed by atoms with Gasteiger partial charge < -0.3 is 9.84 Å². The highest BCUT2D eigenvalue weighted by atomic mass is 79.9. The van der Waals surface area contributed by atoms with E-state index in [1.165, 1.54) is 15.6 Å². The van der Waals surface area contributed by atoms with E-state index >= 15 is 0 Å². The van der Waals surface area contributed by atoms with Gasteiger partial charge >= 0.3 is 0 Å². The van der Waals surface area contributed by atoms with E-state index in [9.17, 15) is 8.42 Å². The number of ether oxygens (including phenoxy) is 1. The molecule has 1 aromatic heterocycles. The van der Waals surface area contributed by atoms with Crippen molar-refractivity contribution in [1.82, 2.24) is 4.31 Å². The van der Waals surface area contributed by atoms with Crippen molar-refractivity contribution in [2.75, 3.05) is 19.7 Å². The lowest BCUT2D eigenvalue weighted by molar-refractivity contribution is -0.0750. The maximum absolute atomic E-state index is 12.4. The minimum atomic E-state index is -3.49. The molecule has 0 saturated carbocycles. The number of hydrogen-bond donors (Lipinski definition) is 1. The molecule has 2 heterocycles. The summed E-state index contributed by atoms with van der Waals surface area (Å²) in [5, 5.41) is 9.12. The summed E-state index contributed by atoms with van der Waals surface area (Å²) < 4.78 is 32.7. The number of nitrogens with zero attached hydrogens (tertiary/aromatic N) is 1. The second-order valence-electron chi connectivity index (χ2n) is 4.13. The summed E-state index contributed by atoms with van der Waals surface area (Å²) in [5.41, 5.74) is 0. The van der Waals surface area contributed by atoms with Gasteiger partial charge in [0, 0.05) is 13.1 Å². The van der Waals surface area contributed by atoms with Crippen molar-refractivity contribution in [2.24, 2.45) is 0 Å². The maximum Gasteiger partial charge on any atom is 0.252 e. The van der Waals surface area contributed by atoms with Crippen molar-refractivity contribution >= 4 is 37.3 Å². The molecule has 0 spiro atoms. The largest absolute Gasteiger partial charge is 0.394 e. The van der Waals surface area contributed by atoms with Crippen LogP contribution in [0.3, 0.4) is 0 Å². The number of halogens is 1. The van der Waals surface area contributed by atoms with Crippen LogP contribution in [0.15, 0.2) is 20.1 Å². The zero-order valence-electron chi connectivity index (χ0n) is 9.74. The van der Waals surface area contributed by atoms with Crippen molar-refractivity contribution in [2.45, 2.75) is 23.3 Å². The van der Waals surface area contributed by atoms with Gasteiger partial charge in [0.05, 0.1) is 22.6 Å². The molecular formula is C10H14BrNO4S2. The fourth-order valence-corrected chi connectivity index (χ4v) is 5.57. The van der Waals surface area contributed by atoms with Crippen LogP contribution in [0.5, 0.6) is 0 Å². The molecule has 18 heavy (non-hydrogen) atoms. The van der Waals surface area contributed by atoms with Gasteiger partial charge in [0.15, 0.2) is 0 Å². The molecule has 1 N–H and O–H groups in total. The minimum absolute atomic E-state index is 0.176. The van der Waals surface area contributed by atoms with Crippen LogP contribution >= 0.6 is 27.3 Å². The molecule has 8 heteroatoms. The normalized spacial score (nSPS) is 26.4. The third-order valence-corrected chi connectivity index (χ3v) is 6.56. The van der Waals surface area contributed by atoms with Crippen LogP contribution in [0.2, 0.25) is 0 Å². The molecule has 0 aromatic carbocycles. The second-order valence-corrected chi connectivity index (χ2v) is 8.76. The Morgan fingerprint density at radius 3 is 2.83 bits per heavy atom. The van der Waals surface area contributed by atoms with E-state index in [-0.39, 0.29) is 19.3 Å². The first-order valence-electron chi connectivity index (χ1n) is 5.45. The van der Waals surface area contributed by atoms with Crippen LogP contribution in [-0.4, -0.2) is 49.7 Å². The van der Waals surface area contributed by atoms with Crippen LogP contribution in [0.1, 0.15) is 6.92 Å². The molecule has 2 rings (SSSR count). The number of rotatable bonds is 3. The van der Waals surface area contributed by atoms with E-state index in [0.29, 0.717) is 10.8 Å². The third kappa shape index (κ3) is 2.94. The van der Waals surface area contributed by atoms with Crippen LogP contribution in [0.25, 0.3) is 0 Å². The fraction of sp³-hybridized carbons (Fsp3) is 0.600. The molecule has 5 nitrogen and oxygen atoms in total. The number of thiophene rings is 1. The molecule has 2 unspecified atom stereocenters. The SMILES string of the molecule is CC1CN(S(=O)(=O)c2ccc(Br)s2)CC(CO)O1. The van der Waals surface area contributed by atoms with Gasteiger partial charge in [-0.2, -0.15) is 4.31 Å². The Morgan fingerprint density at radius 2 is 2.28 bits per heavy atom. The fourth-order valence-electron chi connectivity index (χ4n) is 1.86. The van der Waals surface area contributed by atoms with Crippen molar-refractivity contribution in [3.8, 4) is 0 Å². The first-order chi connectivity index (χ1) is 8.43. The first-order valence-corrected chi connectivity index (χ1v) is 8.50. The Kier molecular flexibility index (Phi) is 4.45. The van der Waals surface area contributed by atoms with Gasteiger partial charge in [-0.3, -0.25) is 0 Å². The van der Waals surface area contributed by atoms with Crippen LogP contribution in [-0.2, 0) is 14.8 Å². The lowest BCUT2D eigenvalue weighted by Crippen LogP contribution is -2.50. The summed E-state index contributed by atoms with van der Waals surface area (Å²) in [6.45, 7) is 2.13. The summed E-state index contributed by atoms with van der Waals surface area (Å²) in [6.07, 6.45) is -0.666. The quantitative estimate of drug-likeness (QED) is 0.886. The lowest BCUT2D eigenvalue weighted by atomic mass is 10.2. The maximum atomic E-state index is 12.4. The number of aliphatic hydroxyl groups is 1. The van der Waals surface area contributed by atoms with Gasteiger partial charge in [-0.15, -0.1) is 11.3 Å². The molecule has 1 aliphatic heterocycles. The molecule has 0 aliphatic carbocycles. The van der Waals surface area contributed by atoms with Crippen LogP contribution < -0.4 is 0 Å². The van der Waals surface area contributed by atoms with E-state index in [1.54, 1.807) is 19.1 Å². The molecule has 1 fully saturated rings. The Labute approximate surface area is 119 Å². The molecule has 1 aromatic rings. The number of sulfonamides is 1. The van der Waals surface area contributed by atoms with Crippen molar-refractivity contribution in [3.05, 3.63) is 15.9 Å². The summed E-state index contributed by atoms with van der Waals surface area (Å²) in [6, 6.07) is 3.29. The van der Waals surface area contributed by atoms with E-state index < -0.39 is 16.1 Å². The number of morpholine rings is 1. The smallest absolute Gasteiger partial charge is 0.252 e. The first kappa shape index (κ1) is 14.4. The standard InChI is InChI=1S/C10H14BrNO4S2/c1-7-4-12(5-8(6-13)16-7)18(14,15)10-3-2-9(11)17-10/h2-3,7-8,13H,4-6H2,1H3. The molecule has 2 atom stereocenters. The molecule has 0 bridgehead atoms. The topological polar surface area (TPSA) is 66.8 Å². The Bertz CT molecular complexity index is 516. The van der Waals surface area contributed by atoms with Crippen LogP contribution in [0.4, 0.5) is 0 Å². The number of aliphatic hydroxyl groups excluding tert-OH is 1. The molecule has 1 aliphatic rings. The second kappa shape index (κ2) is 5.56. The van der Waals surface area contributed by atoms with E-state index in [4.69, 9.17) is 9.84 Å². The van der Waals surface area contributed by atoms with Gasteiger partial charge in [-0.25, -0.2) is 8.42 Å². The molecule has 0 amide bonds. The van der Waals surface area contributed by atoms with Crippen molar-refractivity contribution < 1.29 is 18.3 Å². The Morgan fingerprint density at radius 1 is 1.56 bits per heavy atom. The van der Waals surface area contributed by atoms with Gasteiger partial charge in [0.1, 0.15) is 4.21 Å². The molecule has 0 radical (unpaired) electrons. The predicted octanol–water partition coefficient (Wildman–Crippen LogP) is 1.28. The minimum Gasteiger partial charge on any atom is -0.394 e. The van der Waals surface area contributed by atoms with Crippen molar-refractivity contribution in [1.29, 1.82) is 0 Å². The number of hydrogen-bond acceptors (Lipinski definition) is 5. The van der Waals surface area contributed by atoms with E-state index in [0.717, 1.165) is 3.79 Å². The Balaban J connectivity index is 2.24. The van der Waals surface area contributed by atoms with Crippen molar-refractivity contribution in [3.63, 3.8) is 0 Å². The van der Waals surface area contributed by atoms with Gasteiger partial charge in [0.2, 0.25) is 0 Å². The highest BCUT2D eigenvalue weighted by molar-refractivity contribution is 9.11. The summed E-state index contributed by atoms with van der Waals surface area (Å²) in [7, 11) is -3.49. The highest BCUT2D eigenvalue weighted by Gasteiger charge is 2.34. The van der Waals surface area contributed by atoms with E-state index in [2.05, 4.69) is 15.9 Å². The van der Waals surface area contributed by atoms with E-state index in [1.807, 2.05) is 0 Å². The summed E-state index contributed by atoms with van der Waals surface area (Å²) >= 11 is 4.44. The molecular weight excluding hydrogens is 342 g/mol. The van der Waals surface area contributed by atoms with Crippen LogP contribution in [0, 0.1) is 0 Å². The van der Waals surface area contributed by atoms with Gasteiger partial charge in [-0.1, -0.05) is 0 Å². The molecule has 1 saturated heterocycles. The average molecular weight is 356 g/mol. The Hall–Kier alpha value is 0.01000. The molecule has 102 valence electrons.